The van der Waals surface area contributed by atoms with E-state index in [1.54, 1.807) is 12.1 Å². The Labute approximate surface area is 127 Å². The Morgan fingerprint density at radius 1 is 1.05 bits per heavy atom. The molecule has 0 aromatic heterocycles. The van der Waals surface area contributed by atoms with Crippen molar-refractivity contribution in [2.24, 2.45) is 0 Å². The van der Waals surface area contributed by atoms with Crippen molar-refractivity contribution in [3.8, 4) is 0 Å². The molecule has 1 aromatic rings. The number of rotatable bonds is 4. The number of carbonyl (C=O) groups is 2. The molecule has 1 fully saturated rings. The minimum absolute atomic E-state index is 0.0278. The maximum Gasteiger partial charge on any atom is 0.223 e. The summed E-state index contributed by atoms with van der Waals surface area (Å²) < 4.78 is 0.947. The second-order valence-corrected chi connectivity index (χ2v) is 6.03. The fourth-order valence-corrected chi connectivity index (χ4v) is 2.48. The van der Waals surface area contributed by atoms with Gasteiger partial charge in [0, 0.05) is 49.1 Å². The summed E-state index contributed by atoms with van der Waals surface area (Å²) in [5.74, 6) is 0.114. The Morgan fingerprint density at radius 3 is 2.25 bits per heavy atom. The van der Waals surface area contributed by atoms with Crippen molar-refractivity contribution < 1.29 is 9.59 Å². The van der Waals surface area contributed by atoms with Crippen molar-refractivity contribution in [2.45, 2.75) is 12.8 Å². The average molecular weight is 339 g/mol. The van der Waals surface area contributed by atoms with Gasteiger partial charge in [-0.25, -0.2) is 0 Å². The van der Waals surface area contributed by atoms with E-state index in [0.717, 1.165) is 30.7 Å². The molecule has 0 bridgehead atoms. The van der Waals surface area contributed by atoms with Crippen LogP contribution >= 0.6 is 15.9 Å². The summed E-state index contributed by atoms with van der Waals surface area (Å²) in [4.78, 5) is 28.1. The van der Waals surface area contributed by atoms with Crippen LogP contribution in [0.15, 0.2) is 28.7 Å². The Bertz CT molecular complexity index is 479. The van der Waals surface area contributed by atoms with Gasteiger partial charge in [-0.2, -0.15) is 0 Å². The van der Waals surface area contributed by atoms with Gasteiger partial charge >= 0.3 is 0 Å². The number of likely N-dealkylation sites (N-methyl/N-ethyl adjacent to an activating group) is 1. The highest BCUT2D eigenvalue weighted by Crippen LogP contribution is 2.13. The van der Waals surface area contributed by atoms with Crippen LogP contribution in [-0.4, -0.2) is 54.7 Å². The van der Waals surface area contributed by atoms with E-state index in [2.05, 4.69) is 27.9 Å². The molecule has 1 aliphatic heterocycles. The monoisotopic (exact) mass is 338 g/mol. The van der Waals surface area contributed by atoms with Crippen molar-refractivity contribution in [3.05, 3.63) is 34.3 Å². The fraction of sp³-hybridized carbons (Fsp3) is 0.467. The molecular weight excluding hydrogens is 320 g/mol. The minimum atomic E-state index is 0.0278. The summed E-state index contributed by atoms with van der Waals surface area (Å²) in [6.45, 7) is 3.35. The Morgan fingerprint density at radius 2 is 1.65 bits per heavy atom. The standard InChI is InChI=1S/C15H19BrN2O2/c1-17-8-10-18(11-9-17)15(20)7-6-14(19)12-2-4-13(16)5-3-12/h2-5H,6-11H2,1H3. The van der Waals surface area contributed by atoms with E-state index < -0.39 is 0 Å². The number of Topliss-reactive ketones (excluding diaryl/α,β-unsaturated/α-hetero) is 1. The summed E-state index contributed by atoms with van der Waals surface area (Å²) in [5, 5.41) is 0. The van der Waals surface area contributed by atoms with Crippen LogP contribution in [0.5, 0.6) is 0 Å². The number of piperazine rings is 1. The molecule has 20 heavy (non-hydrogen) atoms. The largest absolute Gasteiger partial charge is 0.340 e. The lowest BCUT2D eigenvalue weighted by molar-refractivity contribution is -0.132. The summed E-state index contributed by atoms with van der Waals surface area (Å²) >= 11 is 3.34. The SMILES string of the molecule is CN1CCN(C(=O)CCC(=O)c2ccc(Br)cc2)CC1. The van der Waals surface area contributed by atoms with E-state index in [1.807, 2.05) is 17.0 Å². The van der Waals surface area contributed by atoms with Gasteiger partial charge in [-0.3, -0.25) is 9.59 Å². The predicted octanol–water partition coefficient (Wildman–Crippen LogP) is 2.19. The first-order valence-electron chi connectivity index (χ1n) is 6.81. The van der Waals surface area contributed by atoms with Crippen LogP contribution in [0.25, 0.3) is 0 Å². The molecule has 1 amide bonds. The molecule has 1 saturated heterocycles. The second-order valence-electron chi connectivity index (χ2n) is 5.11. The first kappa shape index (κ1) is 15.2. The normalized spacial score (nSPS) is 16.2. The molecule has 0 unspecified atom stereocenters. The maximum absolute atomic E-state index is 12.0. The van der Waals surface area contributed by atoms with Crippen LogP contribution in [0.2, 0.25) is 0 Å². The average Bonchev–Trinajstić information content (AvgIpc) is 2.46. The number of hydrogen-bond donors (Lipinski definition) is 0. The van der Waals surface area contributed by atoms with E-state index in [-0.39, 0.29) is 18.1 Å². The van der Waals surface area contributed by atoms with Gasteiger partial charge in [-0.1, -0.05) is 28.1 Å². The van der Waals surface area contributed by atoms with Gasteiger partial charge in [-0.05, 0) is 19.2 Å². The van der Waals surface area contributed by atoms with Crippen molar-refractivity contribution in [2.75, 3.05) is 33.2 Å². The van der Waals surface area contributed by atoms with Crippen molar-refractivity contribution in [1.82, 2.24) is 9.80 Å². The van der Waals surface area contributed by atoms with Crippen LogP contribution in [-0.2, 0) is 4.79 Å². The maximum atomic E-state index is 12.0. The van der Waals surface area contributed by atoms with Crippen molar-refractivity contribution in [3.63, 3.8) is 0 Å². The summed E-state index contributed by atoms with van der Waals surface area (Å²) in [6, 6.07) is 7.25. The molecule has 0 N–H and O–H groups in total. The van der Waals surface area contributed by atoms with Crippen molar-refractivity contribution >= 4 is 27.6 Å². The van der Waals surface area contributed by atoms with Gasteiger partial charge in [0.1, 0.15) is 0 Å². The number of hydrogen-bond acceptors (Lipinski definition) is 3. The second kappa shape index (κ2) is 6.99. The molecule has 0 radical (unpaired) electrons. The highest BCUT2D eigenvalue weighted by molar-refractivity contribution is 9.10. The van der Waals surface area contributed by atoms with Crippen LogP contribution < -0.4 is 0 Å². The highest BCUT2D eigenvalue weighted by Gasteiger charge is 2.19. The van der Waals surface area contributed by atoms with Crippen LogP contribution in [0.3, 0.4) is 0 Å². The summed E-state index contributed by atoms with van der Waals surface area (Å²) in [7, 11) is 2.05. The van der Waals surface area contributed by atoms with Gasteiger partial charge in [0.15, 0.2) is 5.78 Å². The summed E-state index contributed by atoms with van der Waals surface area (Å²) in [6.07, 6.45) is 0.589. The molecule has 0 saturated carbocycles. The molecule has 108 valence electrons. The van der Waals surface area contributed by atoms with Gasteiger partial charge in [-0.15, -0.1) is 0 Å². The zero-order chi connectivity index (χ0) is 14.5. The van der Waals surface area contributed by atoms with E-state index >= 15 is 0 Å². The Balaban J connectivity index is 1.81. The van der Waals surface area contributed by atoms with Crippen LogP contribution in [0.1, 0.15) is 23.2 Å². The molecule has 0 atom stereocenters. The molecule has 5 heteroatoms. The molecule has 4 nitrogen and oxygen atoms in total. The third-order valence-electron chi connectivity index (χ3n) is 3.59. The zero-order valence-electron chi connectivity index (χ0n) is 11.6. The van der Waals surface area contributed by atoms with Gasteiger partial charge < -0.3 is 9.80 Å². The van der Waals surface area contributed by atoms with Crippen LogP contribution in [0.4, 0.5) is 0 Å². The number of amides is 1. The van der Waals surface area contributed by atoms with Gasteiger partial charge in [0.25, 0.3) is 0 Å². The molecule has 0 spiro atoms. The minimum Gasteiger partial charge on any atom is -0.340 e. The predicted molar refractivity (Wildman–Crippen MR) is 81.8 cm³/mol. The lowest BCUT2D eigenvalue weighted by atomic mass is 10.1. The van der Waals surface area contributed by atoms with Crippen molar-refractivity contribution in [1.29, 1.82) is 0 Å². The number of halogens is 1. The number of carbonyl (C=O) groups excluding carboxylic acids is 2. The number of ketones is 1. The smallest absolute Gasteiger partial charge is 0.223 e. The third-order valence-corrected chi connectivity index (χ3v) is 4.12. The first-order valence-corrected chi connectivity index (χ1v) is 7.60. The number of benzene rings is 1. The molecule has 1 aromatic carbocycles. The van der Waals surface area contributed by atoms with Gasteiger partial charge in [0.2, 0.25) is 5.91 Å². The molecular formula is C15H19BrN2O2. The molecule has 2 rings (SSSR count). The Hall–Kier alpha value is -1.20. The van der Waals surface area contributed by atoms with Crippen LogP contribution in [0, 0.1) is 0 Å². The molecule has 0 aliphatic carbocycles. The fourth-order valence-electron chi connectivity index (χ4n) is 2.21. The first-order chi connectivity index (χ1) is 9.56. The topological polar surface area (TPSA) is 40.6 Å². The lowest BCUT2D eigenvalue weighted by Gasteiger charge is -2.32. The van der Waals surface area contributed by atoms with E-state index in [1.165, 1.54) is 0 Å². The highest BCUT2D eigenvalue weighted by atomic mass is 79.9. The van der Waals surface area contributed by atoms with E-state index in [0.29, 0.717) is 12.0 Å². The third kappa shape index (κ3) is 4.15. The summed E-state index contributed by atoms with van der Waals surface area (Å²) in [5.41, 5.74) is 0.666. The molecule has 1 aliphatic rings. The van der Waals surface area contributed by atoms with E-state index in [4.69, 9.17) is 0 Å². The quantitative estimate of drug-likeness (QED) is 0.790. The number of nitrogens with zero attached hydrogens (tertiary/aromatic N) is 2. The van der Waals surface area contributed by atoms with Gasteiger partial charge in [0.05, 0.1) is 0 Å². The van der Waals surface area contributed by atoms with E-state index in [9.17, 15) is 9.59 Å². The molecule has 1 heterocycles. The Kier molecular flexibility index (Phi) is 5.31. The zero-order valence-corrected chi connectivity index (χ0v) is 13.2. The lowest BCUT2D eigenvalue weighted by Crippen LogP contribution is -2.47.